The molecule has 0 atom stereocenters. The number of carbonyl (C=O) groups excluding carboxylic acids is 4. The molecule has 0 radical (unpaired) electrons. The molecule has 16 rings (SSSR count). The molecule has 5 aromatic heterocycles. The highest BCUT2D eigenvalue weighted by molar-refractivity contribution is 8.24. The number of Topliss-reactive ketones (excluding diaryl/α,β-unsaturated/α-hetero) is 2. The highest BCUT2D eigenvalue weighted by atomic mass is 36.0. The van der Waals surface area contributed by atoms with Crippen LogP contribution in [0.25, 0.3) is 49.8 Å². The first kappa shape index (κ1) is 116. The van der Waals surface area contributed by atoms with Gasteiger partial charge in [0.15, 0.2) is 32.9 Å². The van der Waals surface area contributed by atoms with Crippen LogP contribution in [0, 0.1) is 0 Å². The summed E-state index contributed by atoms with van der Waals surface area (Å²) in [6, 6.07) is 19.9. The van der Waals surface area contributed by atoms with Gasteiger partial charge in [-0.2, -0.15) is 0 Å². The van der Waals surface area contributed by atoms with Crippen LogP contribution in [0.5, 0.6) is 0 Å². The van der Waals surface area contributed by atoms with Crippen LogP contribution in [0.2, 0.25) is 75.7 Å². The lowest BCUT2D eigenvalue weighted by atomic mass is 10.0. The van der Waals surface area contributed by atoms with Gasteiger partial charge in [-0.1, -0.05) is 174 Å². The second-order valence-electron chi connectivity index (χ2n) is 28.4. The summed E-state index contributed by atoms with van der Waals surface area (Å²) in [7, 11) is 8.50. The second-order valence-corrected chi connectivity index (χ2v) is 41.0. The largest absolute Gasteiger partial charge is 0.460 e. The molecular formula is C81H97Cl18N24O9P. The van der Waals surface area contributed by atoms with E-state index in [-0.39, 0.29) is 23.3 Å². The zero-order chi connectivity index (χ0) is 98.8. The maximum absolute atomic E-state index is 11.1. The van der Waals surface area contributed by atoms with Gasteiger partial charge in [0.05, 0.1) is 128 Å². The second kappa shape index (κ2) is 57.9. The number of carbonyl (C=O) groups is 4. The number of amides is 1. The lowest BCUT2D eigenvalue weighted by Gasteiger charge is -2.34. The van der Waals surface area contributed by atoms with Gasteiger partial charge in [-0.3, -0.25) is 35.0 Å². The Balaban J connectivity index is 0.000000233. The van der Waals surface area contributed by atoms with Crippen molar-refractivity contribution in [1.29, 1.82) is 0 Å². The van der Waals surface area contributed by atoms with Crippen molar-refractivity contribution in [3.63, 3.8) is 0 Å². The molecule has 6 aromatic carbocycles. The van der Waals surface area contributed by atoms with E-state index in [2.05, 4.69) is 158 Å². The smallest absolute Gasteiger partial charge is 0.374 e. The number of rotatable bonds is 12. The Morgan fingerprint density at radius 3 is 1.17 bits per heavy atom. The molecule has 10 heterocycles. The molecule has 4 fully saturated rings. The van der Waals surface area contributed by atoms with Crippen LogP contribution < -0.4 is 54.2 Å². The van der Waals surface area contributed by atoms with E-state index in [0.29, 0.717) is 142 Å². The third-order valence-electron chi connectivity index (χ3n) is 18.8. The number of aromatic nitrogens is 10. The maximum Gasteiger partial charge on any atom is 0.374 e. The van der Waals surface area contributed by atoms with E-state index in [4.69, 9.17) is 215 Å². The minimum atomic E-state index is -3.22. The summed E-state index contributed by atoms with van der Waals surface area (Å²) in [4.78, 5) is 89.2. The highest BCUT2D eigenvalue weighted by Gasteiger charge is 2.27. The van der Waals surface area contributed by atoms with Gasteiger partial charge in [-0.15, -0.1) is 10.2 Å². The number of likely N-dealkylation sites (N-methyl/N-ethyl adjacent to an activating group) is 4. The van der Waals surface area contributed by atoms with Crippen LogP contribution in [0.1, 0.15) is 45.9 Å². The first-order valence-electron chi connectivity index (χ1n) is 40.2. The lowest BCUT2D eigenvalue weighted by Crippen LogP contribution is -2.45. The summed E-state index contributed by atoms with van der Waals surface area (Å²) >= 11 is 102. The monoisotopic (exact) mass is 2210 g/mol. The van der Waals surface area contributed by atoms with Crippen molar-refractivity contribution in [2.75, 3.05) is 191 Å². The fourth-order valence-electron chi connectivity index (χ4n) is 11.9. The summed E-state index contributed by atoms with van der Waals surface area (Å²) < 4.78 is 31.0. The molecule has 0 bridgehead atoms. The quantitative estimate of drug-likeness (QED) is 0.0114. The van der Waals surface area contributed by atoms with E-state index in [9.17, 15) is 23.7 Å². The molecule has 0 aliphatic carbocycles. The first-order chi connectivity index (χ1) is 62.9. The van der Waals surface area contributed by atoms with Gasteiger partial charge in [-0.25, -0.2) is 39.7 Å². The molecule has 726 valence electrons. The topological polar surface area (TPSA) is 420 Å². The molecule has 0 unspecified atom stereocenters. The predicted octanol–water partition coefficient (Wildman–Crippen LogP) is 19.0. The van der Waals surface area contributed by atoms with Crippen LogP contribution in [0.15, 0.2) is 79.1 Å². The van der Waals surface area contributed by atoms with Crippen molar-refractivity contribution < 1.29 is 42.7 Å². The average molecular weight is 2220 g/mol. The zero-order valence-electron chi connectivity index (χ0n) is 73.1. The standard InChI is InChI=1S/C14H14Cl2N6.C14H17Cl2N5.C13H13Cl3N4.C9H5Cl2NO2.C8H2Cl4N2.C7H16O3.C6H6Cl2N2.C5H12N2.C5H8O3.Cl3OP.H4N2/c1-20-2-4-21(5-3-20)13-14-19-17-8-22(14)12-7-10(16)9(15)6-11(12)18-13;1-20-2-4-21(5-3-20)14-13(8-17)18-11-6-9(15)10(16)7-12(11)19-14;1-19-2-4-20(5-3-19)13-12(16)17-10-6-8(14)9(15)7-11(10)18-13;10-5-1-4-2-8(13)9(14)12-7(4)3-6(5)11;9-3-1-5-6(2-4(3)10)14-8(12)7(11)13-5;1-4-8-7(9-5-2)10-6-3;7-3-1-5(9)6(10)2-4(3)8;1-7-4-2-6-3-5-7;1-3-8-5(7)4(2)6;1-5(2,3)4;1-2/h6-8H,2-5H2,1H3;6-7H,2-5,8,17H2,1H3;6-7H,2-5H2,1H3;1,3H,2H2,(H,12,14);1-2H;7H,4-6H2,1-3H3;1-2H,9-10H2;6H,2-5H2,1H3;3H2,1-2H3;;1-2H2. The summed E-state index contributed by atoms with van der Waals surface area (Å²) in [6.07, 6.45) is 1.77. The third kappa shape index (κ3) is 37.5. The highest BCUT2D eigenvalue weighted by Crippen LogP contribution is 2.61. The van der Waals surface area contributed by atoms with E-state index in [0.717, 1.165) is 137 Å². The molecule has 33 nitrogen and oxygen atoms in total. The molecule has 133 heavy (non-hydrogen) atoms. The number of anilines is 6. The zero-order valence-corrected chi connectivity index (χ0v) is 87.6. The normalized spacial score (nSPS) is 14.5. The average Bonchev–Trinajstić information content (AvgIpc) is 1.61. The molecule has 5 aliphatic rings. The number of hydrogen-bond acceptors (Lipinski definition) is 31. The maximum atomic E-state index is 11.1. The number of esters is 1. The summed E-state index contributed by atoms with van der Waals surface area (Å²) in [5.41, 5.74) is 26.0. The summed E-state index contributed by atoms with van der Waals surface area (Å²) in [6.45, 7) is 26.7. The molecule has 12 N–H and O–H groups in total. The van der Waals surface area contributed by atoms with Crippen molar-refractivity contribution in [3.8, 4) is 0 Å². The Kier molecular flexibility index (Phi) is 50.5. The summed E-state index contributed by atoms with van der Waals surface area (Å²) in [5.74, 6) is 8.05. The van der Waals surface area contributed by atoms with E-state index in [1.807, 2.05) is 25.2 Å². The summed E-state index contributed by atoms with van der Waals surface area (Å²) in [5, 5.41) is 16.8. The number of ketones is 2. The van der Waals surface area contributed by atoms with Crippen LogP contribution in [0.4, 0.5) is 34.5 Å². The van der Waals surface area contributed by atoms with Gasteiger partial charge in [0.1, 0.15) is 6.33 Å². The molecule has 11 aromatic rings. The van der Waals surface area contributed by atoms with Gasteiger partial charge >= 0.3 is 11.2 Å². The van der Waals surface area contributed by atoms with Crippen LogP contribution in [-0.2, 0) is 55.7 Å². The predicted molar refractivity (Wildman–Crippen MR) is 548 cm³/mol. The molecule has 52 heteroatoms. The molecule has 0 saturated carbocycles. The Morgan fingerprint density at radius 1 is 0.444 bits per heavy atom. The van der Waals surface area contributed by atoms with Crippen LogP contribution in [0.3, 0.4) is 0 Å². The van der Waals surface area contributed by atoms with E-state index in [1.54, 1.807) is 73.9 Å². The molecule has 1 amide bonds. The number of hydrogen-bond donors (Lipinski definition) is 7. The van der Waals surface area contributed by atoms with Gasteiger partial charge in [0, 0.05) is 150 Å². The van der Waals surface area contributed by atoms with Crippen LogP contribution >= 0.6 is 213 Å². The lowest BCUT2D eigenvalue weighted by molar-refractivity contribution is -0.282. The van der Waals surface area contributed by atoms with Gasteiger partial charge in [0.25, 0.3) is 12.4 Å². The third-order valence-corrected chi connectivity index (χ3v) is 24.0. The van der Waals surface area contributed by atoms with Crippen LogP contribution in [-0.4, -0.2) is 258 Å². The van der Waals surface area contributed by atoms with Gasteiger partial charge < -0.3 is 81.1 Å². The number of fused-ring (bicyclic) bond motifs is 7. The van der Waals surface area contributed by atoms with Crippen molar-refractivity contribution >= 4 is 321 Å². The van der Waals surface area contributed by atoms with E-state index in [1.165, 1.54) is 32.1 Å². The fourth-order valence-corrected chi connectivity index (χ4v) is 14.4. The number of benzene rings is 6. The number of ether oxygens (including phenoxy) is 4. The van der Waals surface area contributed by atoms with Crippen molar-refractivity contribution in [1.82, 2.24) is 74.4 Å². The van der Waals surface area contributed by atoms with E-state index >= 15 is 0 Å². The Morgan fingerprint density at radius 2 is 0.782 bits per heavy atom. The minimum absolute atomic E-state index is 0.0814. The van der Waals surface area contributed by atoms with Crippen molar-refractivity contribution in [2.24, 2.45) is 17.4 Å². The fraction of sp³-hybridized carbons (Fsp3) is 0.395. The molecule has 5 aliphatic heterocycles. The number of piperazine rings is 4. The Labute approximate surface area is 858 Å². The number of nitrogens with zero attached hydrogens (tertiary/aromatic N) is 17. The van der Waals surface area contributed by atoms with Gasteiger partial charge in [-0.05, 0) is 168 Å². The first-order valence-corrected chi connectivity index (χ1v) is 50.2. The Hall–Kier alpha value is -5.56. The van der Waals surface area contributed by atoms with Gasteiger partial charge in [0.2, 0.25) is 17.2 Å². The molecule has 0 spiro atoms. The number of nitrogen functional groups attached to an aromatic ring is 2. The molecular weight excluding hydrogens is 2120 g/mol. The molecule has 4 saturated heterocycles. The number of nitrogens with two attached hydrogens (primary N) is 5. The number of hydrazine groups is 1. The van der Waals surface area contributed by atoms with E-state index < -0.39 is 35.1 Å². The van der Waals surface area contributed by atoms with Crippen molar-refractivity contribution in [3.05, 3.63) is 166 Å². The SMILES string of the molecule is CCOC(=O)C(C)=O.CCOC(OCC)OCC.CN1CCN(c2nc3cc(Cl)c(Cl)cc3n3cnnc23)CC1.CN1CCN(c2nc3cc(Cl)c(Cl)cc3nc2CN)CC1.CN1CCN(c2nc3cc(Cl)c(Cl)cc3nc2Cl)CC1.CN1CCNCC1.Clc1cc2nc(Cl)c(Cl)nc2cc1Cl.NN.Nc1cc(Cl)c(Cl)cc1N.O=C1Cc2cc(Cl)c(Cl)cc2NC1=O.O=P(Cl)(Cl)Cl. The Bertz CT molecular complexity index is 5590. The minimum Gasteiger partial charge on any atom is -0.460 e. The number of halogens is 18. The number of nitrogens with one attached hydrogen (secondary N) is 2. The van der Waals surface area contributed by atoms with Crippen molar-refractivity contribution in [2.45, 2.75) is 54.1 Å².